The van der Waals surface area contributed by atoms with Crippen molar-refractivity contribution in [2.45, 2.75) is 79.6 Å². The van der Waals surface area contributed by atoms with Crippen LogP contribution in [0.4, 0.5) is 0 Å². The van der Waals surface area contributed by atoms with Gasteiger partial charge < -0.3 is 14.9 Å². The molecule has 4 heteroatoms. The topological polar surface area (TPSA) is 66.8 Å². The maximum absolute atomic E-state index is 12.4. The summed E-state index contributed by atoms with van der Waals surface area (Å²) in [5, 5.41) is 21.2. The molecule has 0 spiro atoms. The molecule has 4 nitrogen and oxygen atoms in total. The predicted molar refractivity (Wildman–Crippen MR) is 115 cm³/mol. The zero-order chi connectivity index (χ0) is 21.1. The van der Waals surface area contributed by atoms with E-state index in [9.17, 15) is 15.0 Å². The number of allylic oxidation sites excluding steroid dienone is 4. The number of unbranched alkanes of at least 4 members (excludes halogenated alkanes) is 2. The van der Waals surface area contributed by atoms with Crippen molar-refractivity contribution in [3.8, 4) is 11.5 Å². The molecule has 2 N–H and O–H groups in total. The van der Waals surface area contributed by atoms with Crippen molar-refractivity contribution < 1.29 is 19.7 Å². The molecule has 0 unspecified atom stereocenters. The number of benzene rings is 1. The number of hydrogen-bond donors (Lipinski definition) is 2. The number of hydrogen-bond acceptors (Lipinski definition) is 4. The Balaban J connectivity index is 3.13. The van der Waals surface area contributed by atoms with Crippen molar-refractivity contribution in [2.24, 2.45) is 0 Å². The van der Waals surface area contributed by atoms with Gasteiger partial charge in [0.15, 0.2) is 0 Å². The molecule has 0 aromatic heterocycles. The van der Waals surface area contributed by atoms with Crippen LogP contribution in [-0.2, 0) is 17.6 Å². The van der Waals surface area contributed by atoms with Gasteiger partial charge in [0.25, 0.3) is 0 Å². The fourth-order valence-corrected chi connectivity index (χ4v) is 3.11. The van der Waals surface area contributed by atoms with Crippen molar-refractivity contribution >= 4 is 5.97 Å². The smallest absolute Gasteiger partial charge is 0.342 e. The van der Waals surface area contributed by atoms with E-state index in [0.29, 0.717) is 24.0 Å². The fourth-order valence-electron chi connectivity index (χ4n) is 3.11. The van der Waals surface area contributed by atoms with Gasteiger partial charge in [0, 0.05) is 5.56 Å². The highest BCUT2D eigenvalue weighted by atomic mass is 16.5. The Hall–Kier alpha value is -2.23. The molecule has 0 fully saturated rings. The molecule has 0 amide bonds. The molecule has 0 heterocycles. The Morgan fingerprint density at radius 3 is 2.43 bits per heavy atom. The van der Waals surface area contributed by atoms with Gasteiger partial charge in [-0.15, -0.1) is 0 Å². The SMILES string of the molecule is CCCCCc1cc(O)c(C/C=C(\C)CCC=C(C)C)c(O)c1C(=O)OCC. The van der Waals surface area contributed by atoms with Gasteiger partial charge in [-0.1, -0.05) is 43.1 Å². The standard InChI is InChI=1S/C24H36O4/c1-6-8-9-13-19-16-21(25)20(23(26)22(19)24(27)28-7-2)15-14-18(5)12-10-11-17(3)4/h11,14,16,25-26H,6-10,12-13,15H2,1-5H3/b18-14+. The zero-order valence-corrected chi connectivity index (χ0v) is 18.1. The third-order valence-electron chi connectivity index (χ3n) is 4.74. The minimum atomic E-state index is -0.531. The molecule has 1 aromatic carbocycles. The van der Waals surface area contributed by atoms with E-state index in [1.807, 2.05) is 13.0 Å². The molecule has 0 bridgehead atoms. The van der Waals surface area contributed by atoms with E-state index in [1.54, 1.807) is 13.0 Å². The Bertz CT molecular complexity index is 710. The first-order chi connectivity index (χ1) is 13.3. The molecule has 0 aliphatic heterocycles. The van der Waals surface area contributed by atoms with E-state index in [1.165, 1.54) is 11.1 Å². The predicted octanol–water partition coefficient (Wildman–Crippen LogP) is 6.24. The van der Waals surface area contributed by atoms with Crippen LogP contribution in [0.5, 0.6) is 11.5 Å². The molecular weight excluding hydrogens is 352 g/mol. The lowest BCUT2D eigenvalue weighted by Crippen LogP contribution is -2.10. The van der Waals surface area contributed by atoms with Crippen LogP contribution in [0, 0.1) is 0 Å². The van der Waals surface area contributed by atoms with Gasteiger partial charge in [-0.3, -0.25) is 0 Å². The second kappa shape index (κ2) is 12.3. The summed E-state index contributed by atoms with van der Waals surface area (Å²) in [4.78, 5) is 12.4. The summed E-state index contributed by atoms with van der Waals surface area (Å²) in [6.45, 7) is 10.3. The number of esters is 1. The van der Waals surface area contributed by atoms with Crippen LogP contribution < -0.4 is 0 Å². The first-order valence-corrected chi connectivity index (χ1v) is 10.3. The van der Waals surface area contributed by atoms with E-state index in [-0.39, 0.29) is 23.7 Å². The number of carbonyl (C=O) groups is 1. The highest BCUT2D eigenvalue weighted by molar-refractivity contribution is 5.95. The Morgan fingerprint density at radius 2 is 1.82 bits per heavy atom. The number of rotatable bonds is 11. The number of aryl methyl sites for hydroxylation is 1. The summed E-state index contributed by atoms with van der Waals surface area (Å²) in [6, 6.07) is 1.61. The Kier molecular flexibility index (Phi) is 10.4. The number of carbonyl (C=O) groups excluding carboxylic acids is 1. The summed E-state index contributed by atoms with van der Waals surface area (Å²) >= 11 is 0. The van der Waals surface area contributed by atoms with E-state index >= 15 is 0 Å². The number of phenols is 2. The highest BCUT2D eigenvalue weighted by Gasteiger charge is 2.23. The van der Waals surface area contributed by atoms with Crippen LogP contribution in [0.2, 0.25) is 0 Å². The monoisotopic (exact) mass is 388 g/mol. The molecule has 0 aliphatic rings. The van der Waals surface area contributed by atoms with Crippen LogP contribution in [-0.4, -0.2) is 22.8 Å². The summed E-state index contributed by atoms with van der Waals surface area (Å²) in [7, 11) is 0. The Morgan fingerprint density at radius 1 is 1.11 bits per heavy atom. The van der Waals surface area contributed by atoms with E-state index in [4.69, 9.17) is 4.74 Å². The molecule has 0 aliphatic carbocycles. The molecule has 0 radical (unpaired) electrons. The van der Waals surface area contributed by atoms with Crippen molar-refractivity contribution in [3.63, 3.8) is 0 Å². The van der Waals surface area contributed by atoms with Crippen molar-refractivity contribution in [2.75, 3.05) is 6.61 Å². The minimum Gasteiger partial charge on any atom is -0.508 e. The summed E-state index contributed by atoms with van der Waals surface area (Å²) in [5.41, 5.74) is 3.70. The van der Waals surface area contributed by atoms with Gasteiger partial charge in [-0.2, -0.15) is 0 Å². The third-order valence-corrected chi connectivity index (χ3v) is 4.74. The molecule has 156 valence electrons. The molecule has 28 heavy (non-hydrogen) atoms. The second-order valence-electron chi connectivity index (χ2n) is 7.51. The van der Waals surface area contributed by atoms with Crippen molar-refractivity contribution in [1.29, 1.82) is 0 Å². The minimum absolute atomic E-state index is 0.0328. The van der Waals surface area contributed by atoms with Gasteiger partial charge >= 0.3 is 5.97 Å². The van der Waals surface area contributed by atoms with Gasteiger partial charge in [0.2, 0.25) is 0 Å². The Labute approximate surface area is 169 Å². The van der Waals surface area contributed by atoms with Gasteiger partial charge in [0.1, 0.15) is 17.1 Å². The molecule has 1 rings (SSSR count). The maximum Gasteiger partial charge on any atom is 0.342 e. The van der Waals surface area contributed by atoms with E-state index in [2.05, 4.69) is 26.8 Å². The summed E-state index contributed by atoms with van der Waals surface area (Å²) in [6.07, 6.45) is 10.1. The first kappa shape index (κ1) is 23.8. The highest BCUT2D eigenvalue weighted by Crippen LogP contribution is 2.36. The lowest BCUT2D eigenvalue weighted by Gasteiger charge is -2.15. The molecule has 0 saturated heterocycles. The quantitative estimate of drug-likeness (QED) is 0.267. The normalized spacial score (nSPS) is 11.4. The molecule has 0 atom stereocenters. The van der Waals surface area contributed by atoms with E-state index in [0.717, 1.165) is 32.1 Å². The maximum atomic E-state index is 12.4. The van der Waals surface area contributed by atoms with Crippen LogP contribution in [0.1, 0.15) is 88.2 Å². The summed E-state index contributed by atoms with van der Waals surface area (Å²) in [5.74, 6) is -0.652. The molecule has 0 saturated carbocycles. The van der Waals surface area contributed by atoms with Gasteiger partial charge in [0.05, 0.1) is 6.61 Å². The lowest BCUT2D eigenvalue weighted by molar-refractivity contribution is 0.0521. The number of aromatic hydroxyl groups is 2. The van der Waals surface area contributed by atoms with E-state index < -0.39 is 5.97 Å². The largest absolute Gasteiger partial charge is 0.508 e. The third kappa shape index (κ3) is 7.41. The van der Waals surface area contributed by atoms with Gasteiger partial charge in [-0.25, -0.2) is 4.79 Å². The van der Waals surface area contributed by atoms with Crippen LogP contribution in [0.3, 0.4) is 0 Å². The average molecular weight is 389 g/mol. The van der Waals surface area contributed by atoms with Crippen LogP contribution >= 0.6 is 0 Å². The number of ether oxygens (including phenoxy) is 1. The van der Waals surface area contributed by atoms with Crippen LogP contribution in [0.25, 0.3) is 0 Å². The van der Waals surface area contributed by atoms with Crippen LogP contribution in [0.15, 0.2) is 29.4 Å². The molecular formula is C24H36O4. The zero-order valence-electron chi connectivity index (χ0n) is 18.1. The fraction of sp³-hybridized carbons (Fsp3) is 0.542. The average Bonchev–Trinajstić information content (AvgIpc) is 2.61. The molecule has 1 aromatic rings. The van der Waals surface area contributed by atoms with Crippen molar-refractivity contribution in [1.82, 2.24) is 0 Å². The second-order valence-corrected chi connectivity index (χ2v) is 7.51. The van der Waals surface area contributed by atoms with Crippen molar-refractivity contribution in [3.05, 3.63) is 46.1 Å². The first-order valence-electron chi connectivity index (χ1n) is 10.3. The number of phenolic OH excluding ortho intramolecular Hbond substituents is 2. The van der Waals surface area contributed by atoms with Gasteiger partial charge in [-0.05, 0) is 71.4 Å². The lowest BCUT2D eigenvalue weighted by atomic mass is 9.94. The summed E-state index contributed by atoms with van der Waals surface area (Å²) < 4.78 is 5.15.